The van der Waals surface area contributed by atoms with Crippen LogP contribution in [0.4, 0.5) is 0 Å². The first-order valence-electron chi connectivity index (χ1n) is 10.5. The molecular weight excluding hydrogens is 372 g/mol. The maximum atomic E-state index is 11.4. The molecule has 0 amide bonds. The lowest BCUT2D eigenvalue weighted by Gasteiger charge is -2.26. The maximum absolute atomic E-state index is 11.4. The van der Waals surface area contributed by atoms with Gasteiger partial charge in [-0.15, -0.1) is 0 Å². The topological polar surface area (TPSA) is 20.2 Å². The van der Waals surface area contributed by atoms with Gasteiger partial charge in [0.2, 0.25) is 0 Å². The Labute approximate surface area is 181 Å². The molecule has 3 rings (SSSR count). The summed E-state index contributed by atoms with van der Waals surface area (Å²) in [5.41, 5.74) is 5.69. The molecule has 0 aliphatic heterocycles. The molecule has 1 nitrogen and oxygen atoms in total. The highest BCUT2D eigenvalue weighted by molar-refractivity contribution is 7.80. The lowest BCUT2D eigenvalue weighted by molar-refractivity contribution is 0.455. The zero-order chi connectivity index (χ0) is 21.0. The predicted octanol–water partition coefficient (Wildman–Crippen LogP) is 7.37. The number of rotatable bonds is 7. The molecule has 0 bridgehead atoms. The van der Waals surface area contributed by atoms with Crippen LogP contribution in [-0.4, -0.2) is 10.9 Å². The zero-order valence-electron chi connectivity index (χ0n) is 17.8. The van der Waals surface area contributed by atoms with Crippen LogP contribution in [0.25, 0.3) is 0 Å². The number of phenolic OH excluding ortho intramolecular Hbond substituents is 1. The summed E-state index contributed by atoms with van der Waals surface area (Å²) >= 11 is 4.64. The predicted molar refractivity (Wildman–Crippen MR) is 127 cm³/mol. The molecule has 0 aliphatic rings. The first-order valence-corrected chi connectivity index (χ1v) is 11.1. The monoisotopic (exact) mass is 404 g/mol. The molecule has 2 heteroatoms. The molecule has 0 heterocycles. The molecule has 0 fully saturated rings. The molecule has 3 unspecified atom stereocenters. The van der Waals surface area contributed by atoms with Crippen LogP contribution in [0.3, 0.4) is 0 Å². The van der Waals surface area contributed by atoms with E-state index in [9.17, 15) is 5.11 Å². The van der Waals surface area contributed by atoms with E-state index in [1.807, 2.05) is 12.1 Å². The highest BCUT2D eigenvalue weighted by atomic mass is 32.1. The molecule has 3 aromatic rings. The second-order valence-electron chi connectivity index (χ2n) is 8.35. The Balaban J connectivity index is 2.17. The Kier molecular flexibility index (Phi) is 7.08. The van der Waals surface area contributed by atoms with Crippen molar-refractivity contribution in [2.75, 3.05) is 5.75 Å². The number of hydrogen-bond acceptors (Lipinski definition) is 2. The van der Waals surface area contributed by atoms with E-state index in [4.69, 9.17) is 0 Å². The van der Waals surface area contributed by atoms with E-state index in [0.717, 1.165) is 16.9 Å². The SMILES string of the molecule is CC(c1ccccc1)c1cc(C(CS)C(C)C)cc(C(C)c2ccccc2)c1O. The number of benzene rings is 3. The normalized spacial score (nSPS) is 14.6. The molecule has 0 saturated heterocycles. The summed E-state index contributed by atoms with van der Waals surface area (Å²) in [7, 11) is 0. The van der Waals surface area contributed by atoms with E-state index in [2.05, 4.69) is 101 Å². The van der Waals surface area contributed by atoms with Gasteiger partial charge in [-0.05, 0) is 34.3 Å². The molecule has 0 aliphatic carbocycles. The van der Waals surface area contributed by atoms with Crippen molar-refractivity contribution < 1.29 is 5.11 Å². The van der Waals surface area contributed by atoms with Crippen LogP contribution in [0.1, 0.15) is 73.3 Å². The van der Waals surface area contributed by atoms with Gasteiger partial charge in [0.25, 0.3) is 0 Å². The zero-order valence-corrected chi connectivity index (χ0v) is 18.7. The van der Waals surface area contributed by atoms with E-state index in [1.165, 1.54) is 16.7 Å². The van der Waals surface area contributed by atoms with Crippen molar-refractivity contribution in [1.82, 2.24) is 0 Å². The first-order chi connectivity index (χ1) is 13.9. The van der Waals surface area contributed by atoms with E-state index in [-0.39, 0.29) is 11.8 Å². The van der Waals surface area contributed by atoms with Crippen molar-refractivity contribution >= 4 is 12.6 Å². The fourth-order valence-electron chi connectivity index (χ4n) is 4.12. The summed E-state index contributed by atoms with van der Waals surface area (Å²) in [5, 5.41) is 11.4. The van der Waals surface area contributed by atoms with Crippen molar-refractivity contribution in [3.8, 4) is 5.75 Å². The van der Waals surface area contributed by atoms with E-state index >= 15 is 0 Å². The van der Waals surface area contributed by atoms with Gasteiger partial charge in [0, 0.05) is 23.0 Å². The smallest absolute Gasteiger partial charge is 0.123 e. The minimum absolute atomic E-state index is 0.116. The average Bonchev–Trinajstić information content (AvgIpc) is 2.75. The lowest BCUT2D eigenvalue weighted by atomic mass is 9.81. The highest BCUT2D eigenvalue weighted by Crippen LogP contribution is 2.42. The van der Waals surface area contributed by atoms with Crippen LogP contribution >= 0.6 is 12.6 Å². The lowest BCUT2D eigenvalue weighted by Crippen LogP contribution is -2.11. The Morgan fingerprint density at radius 2 is 1.10 bits per heavy atom. The molecule has 0 saturated carbocycles. The van der Waals surface area contributed by atoms with Gasteiger partial charge < -0.3 is 5.11 Å². The van der Waals surface area contributed by atoms with Crippen molar-refractivity contribution in [3.05, 3.63) is 101 Å². The molecule has 0 radical (unpaired) electrons. The van der Waals surface area contributed by atoms with Crippen molar-refractivity contribution in [1.29, 1.82) is 0 Å². The Morgan fingerprint density at radius 1 is 0.690 bits per heavy atom. The van der Waals surface area contributed by atoms with Gasteiger partial charge >= 0.3 is 0 Å². The summed E-state index contributed by atoms with van der Waals surface area (Å²) < 4.78 is 0. The Morgan fingerprint density at radius 3 is 1.45 bits per heavy atom. The molecule has 1 N–H and O–H groups in total. The van der Waals surface area contributed by atoms with Gasteiger partial charge in [0.1, 0.15) is 5.75 Å². The van der Waals surface area contributed by atoms with Crippen LogP contribution in [-0.2, 0) is 0 Å². The van der Waals surface area contributed by atoms with E-state index < -0.39 is 0 Å². The quantitative estimate of drug-likeness (QED) is 0.394. The molecule has 3 atom stereocenters. The van der Waals surface area contributed by atoms with Gasteiger partial charge in [0.15, 0.2) is 0 Å². The van der Waals surface area contributed by atoms with Crippen LogP contribution in [0, 0.1) is 5.92 Å². The summed E-state index contributed by atoms with van der Waals surface area (Å²) in [5.74, 6) is 2.28. The van der Waals surface area contributed by atoms with Crippen LogP contribution in [0.2, 0.25) is 0 Å². The van der Waals surface area contributed by atoms with Crippen LogP contribution in [0.15, 0.2) is 72.8 Å². The summed E-state index contributed by atoms with van der Waals surface area (Å²) in [6, 6.07) is 25.3. The summed E-state index contributed by atoms with van der Waals surface area (Å²) in [6.07, 6.45) is 0. The third-order valence-corrected chi connectivity index (χ3v) is 6.55. The third-order valence-electron chi connectivity index (χ3n) is 6.15. The number of aromatic hydroxyl groups is 1. The van der Waals surface area contributed by atoms with Gasteiger partial charge in [-0.3, -0.25) is 0 Å². The van der Waals surface area contributed by atoms with Gasteiger partial charge in [0.05, 0.1) is 0 Å². The molecular formula is C27H32OS. The molecule has 29 heavy (non-hydrogen) atoms. The molecule has 152 valence electrons. The average molecular weight is 405 g/mol. The van der Waals surface area contributed by atoms with Gasteiger partial charge in [-0.1, -0.05) is 100 Å². The maximum Gasteiger partial charge on any atom is 0.123 e. The molecule has 3 aromatic carbocycles. The largest absolute Gasteiger partial charge is 0.507 e. The highest BCUT2D eigenvalue weighted by Gasteiger charge is 2.24. The second-order valence-corrected chi connectivity index (χ2v) is 8.71. The standard InChI is InChI=1S/C27H32OS/c1-18(2)26(17-29)23-15-24(19(3)21-11-7-5-8-12-21)27(28)25(16-23)20(4)22-13-9-6-10-14-22/h5-16,18-20,26,28-29H,17H2,1-4H3. The Bertz CT molecular complexity index is 851. The number of thiol groups is 1. The summed E-state index contributed by atoms with van der Waals surface area (Å²) in [4.78, 5) is 0. The van der Waals surface area contributed by atoms with Gasteiger partial charge in [-0.25, -0.2) is 0 Å². The van der Waals surface area contributed by atoms with E-state index in [1.54, 1.807) is 0 Å². The number of hydrogen-bond donors (Lipinski definition) is 2. The minimum atomic E-state index is 0.116. The summed E-state index contributed by atoms with van der Waals surface area (Å²) in [6.45, 7) is 8.84. The second kappa shape index (κ2) is 9.54. The molecule has 0 spiro atoms. The van der Waals surface area contributed by atoms with Gasteiger partial charge in [-0.2, -0.15) is 12.6 Å². The minimum Gasteiger partial charge on any atom is -0.507 e. The van der Waals surface area contributed by atoms with Crippen molar-refractivity contribution in [3.63, 3.8) is 0 Å². The van der Waals surface area contributed by atoms with E-state index in [0.29, 0.717) is 17.6 Å². The fourth-order valence-corrected chi connectivity index (χ4v) is 4.75. The Hall–Kier alpha value is -2.19. The first kappa shape index (κ1) is 21.5. The van der Waals surface area contributed by atoms with Crippen molar-refractivity contribution in [2.24, 2.45) is 5.92 Å². The van der Waals surface area contributed by atoms with Crippen molar-refractivity contribution in [2.45, 2.75) is 45.4 Å². The van der Waals surface area contributed by atoms with Crippen LogP contribution < -0.4 is 0 Å². The van der Waals surface area contributed by atoms with Crippen LogP contribution in [0.5, 0.6) is 5.75 Å². The third kappa shape index (κ3) is 4.70. The number of phenols is 1. The fraction of sp³-hybridized carbons (Fsp3) is 0.333. The molecule has 0 aromatic heterocycles.